The number of hydrogen-bond acceptors (Lipinski definition) is 6. The first-order valence-corrected chi connectivity index (χ1v) is 6.93. The van der Waals surface area contributed by atoms with Crippen molar-refractivity contribution >= 4 is 6.09 Å². The fourth-order valence-corrected chi connectivity index (χ4v) is 2.12. The van der Waals surface area contributed by atoms with Crippen molar-refractivity contribution in [2.24, 2.45) is 5.73 Å². The van der Waals surface area contributed by atoms with Crippen LogP contribution in [-0.4, -0.2) is 21.2 Å². The number of carbonyl (C=O) groups is 1. The Bertz CT molecular complexity index is 651. The number of hydrogen-bond donors (Lipinski definition) is 1. The largest absolute Gasteiger partial charge is 0.436 e. The number of amides is 1. The predicted molar refractivity (Wildman–Crippen MR) is 73.2 cm³/mol. The van der Waals surface area contributed by atoms with E-state index < -0.39 is 12.2 Å². The lowest BCUT2D eigenvalue weighted by atomic mass is 10.2. The molecule has 1 saturated carbocycles. The number of ether oxygens (including phenoxy) is 1. The topological polar surface area (TPSA) is 104 Å². The lowest BCUT2D eigenvalue weighted by Gasteiger charge is -2.08. The molecular weight excluding hydrogens is 272 g/mol. The molecule has 2 aromatic rings. The molecule has 110 valence electrons. The maximum absolute atomic E-state index is 10.8. The van der Waals surface area contributed by atoms with E-state index in [2.05, 4.69) is 15.1 Å². The Morgan fingerprint density at radius 3 is 3.05 bits per heavy atom. The van der Waals surface area contributed by atoms with E-state index in [4.69, 9.17) is 15.0 Å². The van der Waals surface area contributed by atoms with E-state index in [-0.39, 0.29) is 5.89 Å². The Kier molecular flexibility index (Phi) is 3.55. The molecule has 1 aliphatic rings. The molecule has 7 nitrogen and oxygen atoms in total. The summed E-state index contributed by atoms with van der Waals surface area (Å²) in [4.78, 5) is 19.5. The van der Waals surface area contributed by atoms with Crippen molar-refractivity contribution in [3.05, 3.63) is 29.9 Å². The van der Waals surface area contributed by atoms with Crippen LogP contribution in [0.15, 0.2) is 22.9 Å². The van der Waals surface area contributed by atoms with Crippen molar-refractivity contribution in [2.75, 3.05) is 0 Å². The van der Waals surface area contributed by atoms with Gasteiger partial charge >= 0.3 is 6.09 Å². The van der Waals surface area contributed by atoms with Gasteiger partial charge < -0.3 is 15.0 Å². The van der Waals surface area contributed by atoms with Crippen molar-refractivity contribution in [3.63, 3.8) is 0 Å². The zero-order valence-electron chi connectivity index (χ0n) is 11.7. The van der Waals surface area contributed by atoms with Gasteiger partial charge in [-0.3, -0.25) is 4.98 Å². The van der Waals surface area contributed by atoms with Gasteiger partial charge in [-0.1, -0.05) is 12.1 Å². The first-order chi connectivity index (χ1) is 10.2. The molecule has 0 bridgehead atoms. The van der Waals surface area contributed by atoms with Crippen LogP contribution in [-0.2, 0) is 4.74 Å². The van der Waals surface area contributed by atoms with Crippen LogP contribution in [0.1, 0.15) is 49.8 Å². The van der Waals surface area contributed by atoms with Crippen LogP contribution >= 0.6 is 0 Å². The van der Waals surface area contributed by atoms with Gasteiger partial charge in [-0.25, -0.2) is 4.79 Å². The molecule has 7 heteroatoms. The van der Waals surface area contributed by atoms with Gasteiger partial charge in [0.2, 0.25) is 5.82 Å². The van der Waals surface area contributed by atoms with Gasteiger partial charge in [-0.05, 0) is 31.4 Å². The van der Waals surface area contributed by atoms with E-state index in [0.29, 0.717) is 18.2 Å². The number of pyridine rings is 1. The molecule has 1 fully saturated rings. The molecule has 1 amide bonds. The molecule has 21 heavy (non-hydrogen) atoms. The third-order valence-electron chi connectivity index (χ3n) is 3.38. The third kappa shape index (κ3) is 3.01. The molecule has 0 saturated heterocycles. The SMILES string of the molecule is CC[C@H](OC(N)=O)c1nc(-c2ccnc(C3CC3)c2)no1. The van der Waals surface area contributed by atoms with E-state index in [1.165, 1.54) is 12.8 Å². The normalized spacial score (nSPS) is 15.7. The average molecular weight is 288 g/mol. The van der Waals surface area contributed by atoms with Crippen molar-refractivity contribution < 1.29 is 14.1 Å². The van der Waals surface area contributed by atoms with E-state index in [1.807, 2.05) is 19.1 Å². The standard InChI is InChI=1S/C14H16N4O3/c1-2-11(20-14(15)19)13-17-12(18-21-13)9-5-6-16-10(7-9)8-3-4-8/h5-8,11H,2-4H2,1H3,(H2,15,19)/t11-/m0/s1. The second-order valence-electron chi connectivity index (χ2n) is 5.03. The van der Waals surface area contributed by atoms with Crippen LogP contribution in [0.25, 0.3) is 11.4 Å². The molecule has 0 aliphatic heterocycles. The third-order valence-corrected chi connectivity index (χ3v) is 3.38. The van der Waals surface area contributed by atoms with Gasteiger partial charge in [0.05, 0.1) is 0 Å². The zero-order valence-corrected chi connectivity index (χ0v) is 11.7. The second-order valence-corrected chi connectivity index (χ2v) is 5.03. The minimum absolute atomic E-state index is 0.246. The fourth-order valence-electron chi connectivity index (χ4n) is 2.12. The maximum Gasteiger partial charge on any atom is 0.405 e. The van der Waals surface area contributed by atoms with Crippen LogP contribution in [0.5, 0.6) is 0 Å². The van der Waals surface area contributed by atoms with Gasteiger partial charge in [0.1, 0.15) is 0 Å². The lowest BCUT2D eigenvalue weighted by Crippen LogP contribution is -2.17. The fraction of sp³-hybridized carbons (Fsp3) is 0.429. The second kappa shape index (κ2) is 5.51. The molecular formula is C14H16N4O3. The highest BCUT2D eigenvalue weighted by atomic mass is 16.6. The molecule has 3 rings (SSSR count). The van der Waals surface area contributed by atoms with Gasteiger partial charge in [0.15, 0.2) is 6.10 Å². The molecule has 2 N–H and O–H groups in total. The Morgan fingerprint density at radius 1 is 1.57 bits per heavy atom. The molecule has 0 aromatic carbocycles. The minimum Gasteiger partial charge on any atom is -0.436 e. The number of nitrogens with two attached hydrogens (primary N) is 1. The highest BCUT2D eigenvalue weighted by Gasteiger charge is 2.26. The monoisotopic (exact) mass is 288 g/mol. The number of nitrogens with zero attached hydrogens (tertiary/aromatic N) is 3. The summed E-state index contributed by atoms with van der Waals surface area (Å²) in [5, 5.41) is 3.94. The van der Waals surface area contributed by atoms with Gasteiger partial charge in [-0.15, -0.1) is 0 Å². The van der Waals surface area contributed by atoms with Gasteiger partial charge in [0, 0.05) is 23.4 Å². The van der Waals surface area contributed by atoms with Gasteiger partial charge in [-0.2, -0.15) is 4.98 Å². The first kappa shape index (κ1) is 13.5. The van der Waals surface area contributed by atoms with Crippen LogP contribution in [0, 0.1) is 0 Å². The minimum atomic E-state index is -0.860. The van der Waals surface area contributed by atoms with Crippen LogP contribution in [0.3, 0.4) is 0 Å². The summed E-state index contributed by atoms with van der Waals surface area (Å²) >= 11 is 0. The quantitative estimate of drug-likeness (QED) is 0.906. The zero-order chi connectivity index (χ0) is 14.8. The summed E-state index contributed by atoms with van der Waals surface area (Å²) < 4.78 is 10.1. The molecule has 0 unspecified atom stereocenters. The smallest absolute Gasteiger partial charge is 0.405 e. The van der Waals surface area contributed by atoms with E-state index in [1.54, 1.807) is 6.20 Å². The van der Waals surface area contributed by atoms with Crippen LogP contribution in [0.2, 0.25) is 0 Å². The lowest BCUT2D eigenvalue weighted by molar-refractivity contribution is 0.0825. The molecule has 2 heterocycles. The molecule has 0 radical (unpaired) electrons. The van der Waals surface area contributed by atoms with Crippen LogP contribution < -0.4 is 5.73 Å². The summed E-state index contributed by atoms with van der Waals surface area (Å²) in [7, 11) is 0. The Balaban J connectivity index is 1.83. The number of primary amides is 1. The predicted octanol–water partition coefficient (Wildman–Crippen LogP) is 2.56. The van der Waals surface area contributed by atoms with Crippen molar-refractivity contribution in [1.29, 1.82) is 0 Å². The highest BCUT2D eigenvalue weighted by Crippen LogP contribution is 2.39. The first-order valence-electron chi connectivity index (χ1n) is 6.93. The number of rotatable bonds is 5. The maximum atomic E-state index is 10.8. The van der Waals surface area contributed by atoms with Crippen molar-refractivity contribution in [1.82, 2.24) is 15.1 Å². The van der Waals surface area contributed by atoms with Crippen molar-refractivity contribution in [3.8, 4) is 11.4 Å². The van der Waals surface area contributed by atoms with Crippen molar-refractivity contribution in [2.45, 2.75) is 38.2 Å². The average Bonchev–Trinajstić information content (AvgIpc) is 3.22. The molecule has 0 spiro atoms. The Hall–Kier alpha value is -2.44. The Labute approximate surface area is 121 Å². The highest BCUT2D eigenvalue weighted by molar-refractivity contribution is 5.64. The Morgan fingerprint density at radius 2 is 2.38 bits per heavy atom. The molecule has 2 aromatic heterocycles. The summed E-state index contributed by atoms with van der Waals surface area (Å²) in [6, 6.07) is 3.80. The van der Waals surface area contributed by atoms with Gasteiger partial charge in [0.25, 0.3) is 5.89 Å². The van der Waals surface area contributed by atoms with E-state index in [9.17, 15) is 4.79 Å². The molecule has 1 atom stereocenters. The summed E-state index contributed by atoms with van der Waals surface area (Å²) in [6.45, 7) is 1.84. The summed E-state index contributed by atoms with van der Waals surface area (Å²) in [6.07, 6.45) is 3.14. The van der Waals surface area contributed by atoms with E-state index in [0.717, 1.165) is 11.3 Å². The number of aromatic nitrogens is 3. The van der Waals surface area contributed by atoms with E-state index >= 15 is 0 Å². The van der Waals surface area contributed by atoms with Crippen LogP contribution in [0.4, 0.5) is 4.79 Å². The summed E-state index contributed by atoms with van der Waals surface area (Å²) in [5.41, 5.74) is 6.92. The number of carbonyl (C=O) groups excluding carboxylic acids is 1. The summed E-state index contributed by atoms with van der Waals surface area (Å²) in [5.74, 6) is 1.26. The molecule has 1 aliphatic carbocycles.